The molecule has 3 aliphatic carbocycles. The van der Waals surface area contributed by atoms with Crippen LogP contribution in [-0.2, 0) is 4.79 Å². The summed E-state index contributed by atoms with van der Waals surface area (Å²) < 4.78 is 0. The third-order valence-corrected chi connectivity index (χ3v) is 5.71. The van der Waals surface area contributed by atoms with Crippen molar-refractivity contribution in [3.8, 4) is 0 Å². The molecule has 0 saturated heterocycles. The number of hydrogen-bond donors (Lipinski definition) is 1. The first kappa shape index (κ1) is 11.5. The quantitative estimate of drug-likeness (QED) is 0.699. The first-order chi connectivity index (χ1) is 7.85. The summed E-state index contributed by atoms with van der Waals surface area (Å²) in [6.45, 7) is 8.72. The molecule has 0 aliphatic heterocycles. The molecule has 0 aromatic carbocycles. The summed E-state index contributed by atoms with van der Waals surface area (Å²) in [6.07, 6.45) is 1.17. The molecule has 2 saturated carbocycles. The molecule has 0 aromatic heterocycles. The lowest BCUT2D eigenvalue weighted by atomic mass is 9.84. The van der Waals surface area contributed by atoms with Crippen molar-refractivity contribution in [1.82, 2.24) is 0 Å². The fourth-order valence-corrected chi connectivity index (χ4v) is 4.61. The maximum absolute atomic E-state index is 12.2. The molecule has 0 heterocycles. The predicted molar refractivity (Wildman–Crippen MR) is 66.4 cm³/mol. The summed E-state index contributed by atoms with van der Waals surface area (Å²) in [6, 6.07) is 0. The number of rotatable bonds is 0. The van der Waals surface area contributed by atoms with Gasteiger partial charge < -0.3 is 5.11 Å². The molecule has 5 atom stereocenters. The third kappa shape index (κ3) is 1.33. The Hall–Kier alpha value is -0.630. The van der Waals surface area contributed by atoms with Crippen LogP contribution in [0.3, 0.4) is 0 Å². The Morgan fingerprint density at radius 3 is 2.65 bits per heavy atom. The molecule has 0 aromatic rings. The van der Waals surface area contributed by atoms with Crippen LogP contribution in [0.4, 0.5) is 0 Å². The van der Waals surface area contributed by atoms with Crippen LogP contribution in [-0.4, -0.2) is 17.0 Å². The molecule has 2 nitrogen and oxygen atoms in total. The van der Waals surface area contributed by atoms with E-state index in [0.29, 0.717) is 35.5 Å². The number of carbonyl (C=O) groups excluding carboxylic acids is 1. The summed E-state index contributed by atoms with van der Waals surface area (Å²) in [5, 5.41) is 10.2. The third-order valence-electron chi connectivity index (χ3n) is 5.71. The number of hydrogen-bond acceptors (Lipinski definition) is 2. The van der Waals surface area contributed by atoms with Crippen molar-refractivity contribution in [3.63, 3.8) is 0 Å². The zero-order valence-electron chi connectivity index (χ0n) is 11.2. The summed E-state index contributed by atoms with van der Waals surface area (Å²) in [7, 11) is 0. The summed E-state index contributed by atoms with van der Waals surface area (Å²) >= 11 is 0. The van der Waals surface area contributed by atoms with E-state index in [0.717, 1.165) is 17.6 Å². The zero-order valence-corrected chi connectivity index (χ0v) is 11.2. The van der Waals surface area contributed by atoms with Crippen molar-refractivity contribution in [2.75, 3.05) is 0 Å². The highest BCUT2D eigenvalue weighted by atomic mass is 16.3. The highest BCUT2D eigenvalue weighted by molar-refractivity contribution is 5.97. The minimum atomic E-state index is -0.367. The molecule has 3 rings (SSSR count). The highest BCUT2D eigenvalue weighted by Gasteiger charge is 2.65. The number of carbonyl (C=O) groups is 1. The van der Waals surface area contributed by atoms with Gasteiger partial charge in [0.15, 0.2) is 5.78 Å². The second kappa shape index (κ2) is 3.23. The van der Waals surface area contributed by atoms with Gasteiger partial charge in [0.2, 0.25) is 0 Å². The Morgan fingerprint density at radius 2 is 2.00 bits per heavy atom. The number of aliphatic hydroxyl groups is 1. The van der Waals surface area contributed by atoms with Gasteiger partial charge in [-0.2, -0.15) is 0 Å². The van der Waals surface area contributed by atoms with E-state index in [9.17, 15) is 9.90 Å². The molecule has 0 amide bonds. The first-order valence-electron chi connectivity index (χ1n) is 6.77. The summed E-state index contributed by atoms with van der Waals surface area (Å²) in [5.41, 5.74) is 2.25. The second-order valence-electron chi connectivity index (χ2n) is 6.92. The van der Waals surface area contributed by atoms with Crippen molar-refractivity contribution in [2.45, 2.75) is 46.6 Å². The smallest absolute Gasteiger partial charge is 0.158 e. The fraction of sp³-hybridized carbons (Fsp3) is 0.800. The lowest BCUT2D eigenvalue weighted by Gasteiger charge is -2.20. The molecule has 2 heteroatoms. The average Bonchev–Trinajstić information content (AvgIpc) is 2.65. The van der Waals surface area contributed by atoms with Gasteiger partial charge in [0.05, 0.1) is 6.10 Å². The standard InChI is InChI=1S/C15H22O2/c1-7-5-11(17)13-8(2)10(16)6-9-14(12(7)13)15(9,3)4/h7,9,11-12,14,17H,5-6H2,1-4H3/t7-,9-,11+,12-,14-/m1/s1. The van der Waals surface area contributed by atoms with Gasteiger partial charge in [-0.05, 0) is 53.6 Å². The summed E-state index contributed by atoms with van der Waals surface area (Å²) in [4.78, 5) is 12.2. The summed E-state index contributed by atoms with van der Waals surface area (Å²) in [5.74, 6) is 2.41. The largest absolute Gasteiger partial charge is 0.389 e. The number of fused-ring (bicyclic) bond motifs is 3. The second-order valence-corrected chi connectivity index (χ2v) is 6.92. The van der Waals surface area contributed by atoms with Crippen molar-refractivity contribution in [3.05, 3.63) is 11.1 Å². The zero-order chi connectivity index (χ0) is 12.5. The van der Waals surface area contributed by atoms with Gasteiger partial charge in [-0.3, -0.25) is 4.79 Å². The van der Waals surface area contributed by atoms with Crippen LogP contribution in [0.2, 0.25) is 0 Å². The SMILES string of the molecule is CC1=C2[C@H]([C@H]3[C@@H](CC1=O)C3(C)C)[C@H](C)C[C@@H]2O. The van der Waals surface area contributed by atoms with Crippen molar-refractivity contribution in [2.24, 2.45) is 29.1 Å². The monoisotopic (exact) mass is 234 g/mol. The van der Waals surface area contributed by atoms with Crippen molar-refractivity contribution >= 4 is 5.78 Å². The van der Waals surface area contributed by atoms with Gasteiger partial charge in [0.1, 0.15) is 0 Å². The maximum Gasteiger partial charge on any atom is 0.158 e. The molecule has 0 radical (unpaired) electrons. The molecule has 0 spiro atoms. The fourth-order valence-electron chi connectivity index (χ4n) is 4.61. The Balaban J connectivity index is 2.10. The molecule has 0 unspecified atom stereocenters. The van der Waals surface area contributed by atoms with Crippen LogP contribution < -0.4 is 0 Å². The van der Waals surface area contributed by atoms with E-state index in [1.54, 1.807) is 0 Å². The number of ketones is 1. The Morgan fingerprint density at radius 1 is 1.35 bits per heavy atom. The minimum Gasteiger partial charge on any atom is -0.389 e. The molecule has 1 N–H and O–H groups in total. The molecule has 2 fully saturated rings. The van der Waals surface area contributed by atoms with E-state index in [-0.39, 0.29) is 11.9 Å². The van der Waals surface area contributed by atoms with Gasteiger partial charge in [0.25, 0.3) is 0 Å². The van der Waals surface area contributed by atoms with Gasteiger partial charge in [-0.25, -0.2) is 0 Å². The average molecular weight is 234 g/mol. The molecular weight excluding hydrogens is 212 g/mol. The molecule has 94 valence electrons. The molecular formula is C15H22O2. The van der Waals surface area contributed by atoms with Crippen LogP contribution in [0.1, 0.15) is 40.5 Å². The Kier molecular flexibility index (Phi) is 2.17. The van der Waals surface area contributed by atoms with Gasteiger partial charge in [0, 0.05) is 6.42 Å². The van der Waals surface area contributed by atoms with Gasteiger partial charge in [-0.1, -0.05) is 20.8 Å². The van der Waals surface area contributed by atoms with E-state index in [1.165, 1.54) is 0 Å². The number of aliphatic hydroxyl groups excluding tert-OH is 1. The van der Waals surface area contributed by atoms with Crippen LogP contribution in [0.15, 0.2) is 11.1 Å². The molecule has 3 aliphatic rings. The maximum atomic E-state index is 12.2. The highest BCUT2D eigenvalue weighted by Crippen LogP contribution is 2.69. The Labute approximate surface area is 103 Å². The van der Waals surface area contributed by atoms with Crippen molar-refractivity contribution < 1.29 is 9.90 Å². The molecule has 0 bridgehead atoms. The van der Waals surface area contributed by atoms with E-state index in [2.05, 4.69) is 20.8 Å². The minimum absolute atomic E-state index is 0.274. The van der Waals surface area contributed by atoms with Gasteiger partial charge in [-0.15, -0.1) is 0 Å². The lowest BCUT2D eigenvalue weighted by Crippen LogP contribution is -2.17. The van der Waals surface area contributed by atoms with Crippen LogP contribution >= 0.6 is 0 Å². The van der Waals surface area contributed by atoms with Crippen LogP contribution in [0, 0.1) is 29.1 Å². The van der Waals surface area contributed by atoms with E-state index in [1.807, 2.05) is 6.92 Å². The lowest BCUT2D eigenvalue weighted by molar-refractivity contribution is -0.116. The number of Topliss-reactive ketones (excluding diaryl/α,β-unsaturated/α-hetero) is 1. The van der Waals surface area contributed by atoms with Crippen molar-refractivity contribution in [1.29, 1.82) is 0 Å². The predicted octanol–water partition coefficient (Wildman–Crippen LogP) is 2.56. The van der Waals surface area contributed by atoms with E-state index >= 15 is 0 Å². The van der Waals surface area contributed by atoms with Gasteiger partial charge >= 0.3 is 0 Å². The normalized spacial score (nSPS) is 47.6. The topological polar surface area (TPSA) is 37.3 Å². The van der Waals surface area contributed by atoms with E-state index in [4.69, 9.17) is 0 Å². The Bertz CT molecular complexity index is 419. The number of allylic oxidation sites excluding steroid dienone is 1. The van der Waals surface area contributed by atoms with E-state index < -0.39 is 0 Å². The first-order valence-corrected chi connectivity index (χ1v) is 6.77. The molecule has 17 heavy (non-hydrogen) atoms. The van der Waals surface area contributed by atoms with Crippen LogP contribution in [0.25, 0.3) is 0 Å². The van der Waals surface area contributed by atoms with Crippen LogP contribution in [0.5, 0.6) is 0 Å².